The van der Waals surface area contributed by atoms with Crippen molar-refractivity contribution in [1.82, 2.24) is 0 Å². The Labute approximate surface area is 79.5 Å². The zero-order valence-corrected chi connectivity index (χ0v) is 8.48. The molecule has 0 aliphatic carbocycles. The van der Waals surface area contributed by atoms with Crippen LogP contribution in [0.25, 0.3) is 0 Å². The lowest BCUT2D eigenvalue weighted by atomic mass is 10.2. The topological polar surface area (TPSA) is 0 Å². The minimum atomic E-state index is 1.01. The molecule has 0 nitrogen and oxygen atoms in total. The monoisotopic (exact) mass is 263 g/mol. The first kappa shape index (κ1) is 8.40. The molecular weight excluding hydrogens is 255 g/mol. The first-order valence-electron chi connectivity index (χ1n) is 2.95. The number of halogens is 1. The molecule has 0 unspecified atom stereocenters. The summed E-state index contributed by atoms with van der Waals surface area (Å²) < 4.78 is 1.33. The standard InChI is InChI=1S/C8H8IS/c1-10-6-7-4-2-3-5-8(7)9/h2-5H,1,6H2. The van der Waals surface area contributed by atoms with Gasteiger partial charge >= 0.3 is 0 Å². The van der Waals surface area contributed by atoms with Gasteiger partial charge in [-0.25, -0.2) is 0 Å². The first-order chi connectivity index (χ1) is 4.84. The Balaban J connectivity index is 2.81. The Hall–Kier alpha value is 0.300. The van der Waals surface area contributed by atoms with Gasteiger partial charge < -0.3 is 0 Å². The smallest absolute Gasteiger partial charge is 0.0195 e. The van der Waals surface area contributed by atoms with Crippen molar-refractivity contribution in [2.24, 2.45) is 0 Å². The van der Waals surface area contributed by atoms with Gasteiger partial charge in [0.15, 0.2) is 0 Å². The van der Waals surface area contributed by atoms with Crippen LogP contribution < -0.4 is 0 Å². The van der Waals surface area contributed by atoms with Crippen molar-refractivity contribution >= 4 is 34.4 Å². The molecule has 0 bridgehead atoms. The van der Waals surface area contributed by atoms with Crippen LogP contribution in [0.15, 0.2) is 24.3 Å². The van der Waals surface area contributed by atoms with Crippen LogP contribution in [0.2, 0.25) is 0 Å². The highest BCUT2D eigenvalue weighted by Crippen LogP contribution is 2.16. The Bertz CT molecular complexity index is 210. The van der Waals surface area contributed by atoms with Gasteiger partial charge in [0, 0.05) is 15.6 Å². The molecular formula is C8H8IS. The van der Waals surface area contributed by atoms with Gasteiger partial charge in [-0.15, -0.1) is 0 Å². The van der Waals surface area contributed by atoms with E-state index in [1.54, 1.807) is 11.8 Å². The molecule has 1 rings (SSSR count). The van der Waals surface area contributed by atoms with Crippen molar-refractivity contribution in [2.75, 3.05) is 0 Å². The van der Waals surface area contributed by atoms with Gasteiger partial charge in [-0.3, -0.25) is 0 Å². The van der Waals surface area contributed by atoms with Gasteiger partial charge in [-0.1, -0.05) is 18.2 Å². The number of thioether (sulfide) groups is 1. The van der Waals surface area contributed by atoms with E-state index < -0.39 is 0 Å². The lowest BCUT2D eigenvalue weighted by Gasteiger charge is -1.99. The fourth-order valence-electron chi connectivity index (χ4n) is 0.725. The summed E-state index contributed by atoms with van der Waals surface area (Å²) in [7, 11) is 0. The molecule has 0 N–H and O–H groups in total. The maximum absolute atomic E-state index is 3.74. The normalized spacial score (nSPS) is 9.80. The zero-order valence-electron chi connectivity index (χ0n) is 5.51. The maximum atomic E-state index is 3.74. The van der Waals surface area contributed by atoms with Gasteiger partial charge in [0.25, 0.3) is 0 Å². The van der Waals surface area contributed by atoms with Crippen LogP contribution in [0, 0.1) is 9.83 Å². The van der Waals surface area contributed by atoms with Crippen molar-refractivity contribution in [2.45, 2.75) is 5.75 Å². The predicted molar refractivity (Wildman–Crippen MR) is 55.8 cm³/mol. The van der Waals surface area contributed by atoms with E-state index in [9.17, 15) is 0 Å². The summed E-state index contributed by atoms with van der Waals surface area (Å²) in [6.07, 6.45) is 3.74. The zero-order chi connectivity index (χ0) is 7.40. The first-order valence-corrected chi connectivity index (χ1v) is 5.18. The summed E-state index contributed by atoms with van der Waals surface area (Å²) in [6.45, 7) is 0. The van der Waals surface area contributed by atoms with Crippen LogP contribution in [0.3, 0.4) is 0 Å². The van der Waals surface area contributed by atoms with E-state index in [0.29, 0.717) is 0 Å². The molecule has 0 heterocycles. The van der Waals surface area contributed by atoms with Gasteiger partial charge in [0.05, 0.1) is 0 Å². The Morgan fingerprint density at radius 3 is 2.70 bits per heavy atom. The molecule has 0 aliphatic rings. The van der Waals surface area contributed by atoms with Gasteiger partial charge in [-0.05, 0) is 34.2 Å². The minimum absolute atomic E-state index is 1.01. The van der Waals surface area contributed by atoms with Crippen molar-refractivity contribution in [1.29, 1.82) is 0 Å². The third-order valence-corrected chi connectivity index (χ3v) is 2.78. The third-order valence-electron chi connectivity index (χ3n) is 1.22. The van der Waals surface area contributed by atoms with Gasteiger partial charge in [-0.2, -0.15) is 11.8 Å². The third kappa shape index (κ3) is 2.16. The second-order valence-electron chi connectivity index (χ2n) is 1.94. The molecule has 0 aliphatic heterocycles. The number of rotatable bonds is 2. The molecule has 0 fully saturated rings. The van der Waals surface area contributed by atoms with Crippen LogP contribution >= 0.6 is 34.4 Å². The molecule has 10 heavy (non-hydrogen) atoms. The lowest BCUT2D eigenvalue weighted by molar-refractivity contribution is 1.38. The van der Waals surface area contributed by atoms with Crippen LogP contribution in [0.4, 0.5) is 0 Å². The Kier molecular flexibility index (Phi) is 3.56. The molecule has 2 heteroatoms. The molecule has 0 aromatic heterocycles. The van der Waals surface area contributed by atoms with Crippen molar-refractivity contribution in [3.63, 3.8) is 0 Å². The Morgan fingerprint density at radius 1 is 1.40 bits per heavy atom. The number of hydrogen-bond acceptors (Lipinski definition) is 1. The van der Waals surface area contributed by atoms with Crippen LogP contribution in [0.5, 0.6) is 0 Å². The molecule has 1 radical (unpaired) electrons. The van der Waals surface area contributed by atoms with Crippen LogP contribution in [-0.4, -0.2) is 0 Å². The minimum Gasteiger partial charge on any atom is -0.156 e. The Morgan fingerprint density at radius 2 is 2.10 bits per heavy atom. The average Bonchev–Trinajstić information content (AvgIpc) is 1.94. The highest BCUT2D eigenvalue weighted by Gasteiger charge is 1.94. The van der Waals surface area contributed by atoms with Gasteiger partial charge in [0.1, 0.15) is 0 Å². The van der Waals surface area contributed by atoms with Crippen LogP contribution in [-0.2, 0) is 5.75 Å². The number of benzene rings is 1. The molecule has 0 spiro atoms. The quantitative estimate of drug-likeness (QED) is 0.737. The SMILES string of the molecule is [CH2]SCc1ccccc1I. The summed E-state index contributed by atoms with van der Waals surface area (Å²) in [5, 5.41) is 0. The second-order valence-corrected chi connectivity index (χ2v) is 3.80. The molecule has 0 atom stereocenters. The molecule has 0 amide bonds. The maximum Gasteiger partial charge on any atom is 0.0195 e. The van der Waals surface area contributed by atoms with E-state index in [-0.39, 0.29) is 0 Å². The summed E-state index contributed by atoms with van der Waals surface area (Å²) in [4.78, 5) is 0. The molecule has 1 aromatic rings. The lowest BCUT2D eigenvalue weighted by Crippen LogP contribution is -1.82. The summed E-state index contributed by atoms with van der Waals surface area (Å²) >= 11 is 3.96. The molecule has 1 aromatic carbocycles. The predicted octanol–water partition coefficient (Wildman–Crippen LogP) is 3.32. The fraction of sp³-hybridized carbons (Fsp3) is 0.125. The summed E-state index contributed by atoms with van der Waals surface area (Å²) in [5.74, 6) is 1.01. The second kappa shape index (κ2) is 4.23. The van der Waals surface area contributed by atoms with E-state index in [4.69, 9.17) is 0 Å². The average molecular weight is 263 g/mol. The molecule has 0 saturated carbocycles. The van der Waals surface area contributed by atoms with Gasteiger partial charge in [0.2, 0.25) is 0 Å². The van der Waals surface area contributed by atoms with E-state index in [1.165, 1.54) is 9.13 Å². The largest absolute Gasteiger partial charge is 0.156 e. The summed E-state index contributed by atoms with van der Waals surface area (Å²) in [5.41, 5.74) is 1.38. The highest BCUT2D eigenvalue weighted by atomic mass is 127. The van der Waals surface area contributed by atoms with E-state index >= 15 is 0 Å². The molecule has 53 valence electrons. The van der Waals surface area contributed by atoms with E-state index in [2.05, 4.69) is 53.1 Å². The van der Waals surface area contributed by atoms with Crippen molar-refractivity contribution in [3.8, 4) is 0 Å². The highest BCUT2D eigenvalue weighted by molar-refractivity contribution is 14.1. The van der Waals surface area contributed by atoms with E-state index in [1.807, 2.05) is 0 Å². The fourth-order valence-corrected chi connectivity index (χ4v) is 2.03. The van der Waals surface area contributed by atoms with E-state index in [0.717, 1.165) is 5.75 Å². The van der Waals surface area contributed by atoms with Crippen molar-refractivity contribution < 1.29 is 0 Å². The van der Waals surface area contributed by atoms with Crippen molar-refractivity contribution in [3.05, 3.63) is 39.7 Å². The summed E-state index contributed by atoms with van der Waals surface area (Å²) in [6, 6.07) is 8.37. The molecule has 0 saturated heterocycles. The number of hydrogen-bond donors (Lipinski definition) is 0. The van der Waals surface area contributed by atoms with Crippen LogP contribution in [0.1, 0.15) is 5.56 Å².